The van der Waals surface area contributed by atoms with Crippen LogP contribution in [0.4, 0.5) is 0 Å². The molecule has 1 saturated heterocycles. The summed E-state index contributed by atoms with van der Waals surface area (Å²) in [7, 11) is 2.36. The van der Waals surface area contributed by atoms with E-state index in [4.69, 9.17) is 9.47 Å². The molecule has 4 rings (SSSR count). The molecule has 4 heteroatoms. The second kappa shape index (κ2) is 11.1. The summed E-state index contributed by atoms with van der Waals surface area (Å²) in [6.07, 6.45) is 13.0. The Morgan fingerprint density at radius 1 is 0.968 bits per heavy atom. The molecule has 2 saturated carbocycles. The van der Waals surface area contributed by atoms with Gasteiger partial charge in [-0.3, -0.25) is 0 Å². The monoisotopic (exact) mass is 552 g/mol. The van der Waals surface area contributed by atoms with Gasteiger partial charge in [-0.05, 0) is 0 Å². The van der Waals surface area contributed by atoms with Gasteiger partial charge in [0.05, 0.1) is 0 Å². The van der Waals surface area contributed by atoms with Crippen molar-refractivity contribution in [3.05, 3.63) is 35.9 Å². The fraction of sp³-hybridized carbons (Fsp3) is 0.778. The van der Waals surface area contributed by atoms with Crippen LogP contribution in [0.1, 0.15) is 90.2 Å². The maximum absolute atomic E-state index is 6.85. The van der Waals surface area contributed by atoms with Gasteiger partial charge in [0, 0.05) is 0 Å². The van der Waals surface area contributed by atoms with Gasteiger partial charge in [0.1, 0.15) is 0 Å². The van der Waals surface area contributed by atoms with E-state index in [0.717, 1.165) is 11.9 Å². The minimum absolute atomic E-state index is 0.000729. The molecular weight excluding hydrogens is 507 g/mol. The summed E-state index contributed by atoms with van der Waals surface area (Å²) in [5.41, 5.74) is 1.36. The number of ether oxygens (including phenoxy) is 2. The molecular formula is C27H44O2SSn. The second-order valence-corrected chi connectivity index (χ2v) is 30.2. The third kappa shape index (κ3) is 5.20. The van der Waals surface area contributed by atoms with Gasteiger partial charge in [0.25, 0.3) is 0 Å². The molecule has 2 aliphatic carbocycles. The second-order valence-electron chi connectivity index (χ2n) is 10.4. The maximum atomic E-state index is 6.85. The molecule has 1 aliphatic heterocycles. The summed E-state index contributed by atoms with van der Waals surface area (Å²) < 4.78 is 18.1. The van der Waals surface area contributed by atoms with E-state index in [9.17, 15) is 0 Å². The zero-order chi connectivity index (χ0) is 21.7. The summed E-state index contributed by atoms with van der Waals surface area (Å²) in [5, 5.41) is 0. The molecule has 0 aromatic heterocycles. The van der Waals surface area contributed by atoms with Crippen LogP contribution in [0.2, 0.25) is 13.3 Å². The molecule has 5 atom stereocenters. The molecule has 1 heterocycles. The third-order valence-electron chi connectivity index (χ3n) is 8.33. The van der Waals surface area contributed by atoms with Gasteiger partial charge in [-0.15, -0.1) is 0 Å². The Labute approximate surface area is 197 Å². The molecule has 1 spiro atoms. The average Bonchev–Trinajstić information content (AvgIpc) is 3.21. The molecule has 2 bridgehead atoms. The van der Waals surface area contributed by atoms with E-state index in [2.05, 4.69) is 60.0 Å². The van der Waals surface area contributed by atoms with Crippen molar-refractivity contribution in [3.8, 4) is 0 Å². The Hall–Kier alpha value is 0.289. The van der Waals surface area contributed by atoms with Crippen LogP contribution >= 0.6 is 8.95 Å². The van der Waals surface area contributed by atoms with Crippen LogP contribution in [0.25, 0.3) is 0 Å². The number of hydrogen-bond acceptors (Lipinski definition) is 3. The minimum atomic E-state index is -2.19. The van der Waals surface area contributed by atoms with Crippen molar-refractivity contribution in [1.29, 1.82) is 0 Å². The van der Waals surface area contributed by atoms with Crippen molar-refractivity contribution in [2.24, 2.45) is 11.8 Å². The molecule has 2 nitrogen and oxygen atoms in total. The van der Waals surface area contributed by atoms with E-state index in [1.165, 1.54) is 63.4 Å². The van der Waals surface area contributed by atoms with Crippen LogP contribution in [-0.4, -0.2) is 34.6 Å². The van der Waals surface area contributed by atoms with Gasteiger partial charge < -0.3 is 0 Å². The van der Waals surface area contributed by atoms with E-state index in [-0.39, 0.29) is 11.7 Å². The first-order chi connectivity index (χ1) is 15.2. The van der Waals surface area contributed by atoms with E-state index in [1.807, 2.05) is 0 Å². The van der Waals surface area contributed by atoms with E-state index in [1.54, 1.807) is 13.3 Å². The van der Waals surface area contributed by atoms with Crippen molar-refractivity contribution in [1.82, 2.24) is 0 Å². The first kappa shape index (κ1) is 24.4. The SMILES string of the molecule is CCC[CH2][Sn]([CH2]CCC)([CH2]CCC)[S]CO[C@H]1[C@H]2CC[C@H](C2)[C@]12O[C@H]2c1ccccc1. The predicted octanol–water partition coefficient (Wildman–Crippen LogP) is 8.35. The van der Waals surface area contributed by atoms with Gasteiger partial charge in [0.15, 0.2) is 0 Å². The molecule has 31 heavy (non-hydrogen) atoms. The number of rotatable bonds is 14. The molecule has 3 fully saturated rings. The Morgan fingerprint density at radius 3 is 2.23 bits per heavy atom. The molecule has 3 aliphatic rings. The quantitative estimate of drug-likeness (QED) is 0.132. The van der Waals surface area contributed by atoms with Crippen molar-refractivity contribution in [2.75, 3.05) is 5.94 Å². The summed E-state index contributed by atoms with van der Waals surface area (Å²) in [6.45, 7) is 7.10. The first-order valence-electron chi connectivity index (χ1n) is 13.2. The molecule has 174 valence electrons. The Kier molecular flexibility index (Phi) is 8.78. The number of epoxide rings is 1. The number of unbranched alkanes of at least 4 members (excludes halogenated alkanes) is 3. The first-order valence-corrected chi connectivity index (χ1v) is 23.7. The van der Waals surface area contributed by atoms with Crippen LogP contribution < -0.4 is 0 Å². The van der Waals surface area contributed by atoms with Crippen LogP contribution in [-0.2, 0) is 9.47 Å². The molecule has 0 amide bonds. The zero-order valence-electron chi connectivity index (χ0n) is 20.1. The van der Waals surface area contributed by atoms with Crippen LogP contribution in [0.3, 0.4) is 0 Å². The van der Waals surface area contributed by atoms with Crippen LogP contribution in [0.15, 0.2) is 30.3 Å². The van der Waals surface area contributed by atoms with Crippen molar-refractivity contribution in [3.63, 3.8) is 0 Å². The Morgan fingerprint density at radius 2 is 1.61 bits per heavy atom. The standard InChI is InChI=1S/C15H18O2S.3C4H9.Sn/c18-9-16-13-11-6-7-12(8-11)15(13)14(17-15)10-4-2-1-3-5-10;3*1-3-4-2;/h1-5,11-14,18H,6-9H2;3*1,3-4H2,2H3;/q;;;;+1/p-1/t11-,12+,13-,14-,15-;;;;/m0..../s1. The van der Waals surface area contributed by atoms with Gasteiger partial charge in [-0.2, -0.15) is 0 Å². The summed E-state index contributed by atoms with van der Waals surface area (Å²) in [4.78, 5) is 0. The topological polar surface area (TPSA) is 21.8 Å². The molecule has 1 aromatic rings. The number of benzene rings is 1. The normalized spacial score (nSPS) is 31.6. The van der Waals surface area contributed by atoms with Crippen LogP contribution in [0, 0.1) is 11.8 Å². The summed E-state index contributed by atoms with van der Waals surface area (Å²) in [5.74, 6) is 2.38. The predicted molar refractivity (Wildman–Crippen MR) is 136 cm³/mol. The fourth-order valence-corrected chi connectivity index (χ4v) is 27.5. The Bertz CT molecular complexity index is 661. The zero-order valence-corrected chi connectivity index (χ0v) is 23.8. The number of fused-ring (bicyclic) bond motifs is 3. The van der Waals surface area contributed by atoms with Crippen molar-refractivity contribution < 1.29 is 9.47 Å². The summed E-state index contributed by atoms with van der Waals surface area (Å²) in [6, 6.07) is 10.9. The van der Waals surface area contributed by atoms with Crippen molar-refractivity contribution in [2.45, 2.75) is 110 Å². The molecule has 0 N–H and O–H groups in total. The fourth-order valence-electron chi connectivity index (χ4n) is 6.54. The number of hydrogen-bond donors (Lipinski definition) is 0. The van der Waals surface area contributed by atoms with E-state index < -0.39 is 17.0 Å². The van der Waals surface area contributed by atoms with E-state index in [0.29, 0.717) is 12.0 Å². The van der Waals surface area contributed by atoms with Crippen molar-refractivity contribution >= 4 is 25.9 Å². The Balaban J connectivity index is 1.41. The average molecular weight is 551 g/mol. The van der Waals surface area contributed by atoms with Crippen LogP contribution in [0.5, 0.6) is 0 Å². The molecule has 1 aromatic carbocycles. The third-order valence-corrected chi connectivity index (χ3v) is 30.4. The van der Waals surface area contributed by atoms with Gasteiger partial charge in [-0.1, -0.05) is 0 Å². The van der Waals surface area contributed by atoms with Gasteiger partial charge in [0.2, 0.25) is 0 Å². The molecule has 0 unspecified atom stereocenters. The molecule has 0 radical (unpaired) electrons. The van der Waals surface area contributed by atoms with Gasteiger partial charge >= 0.3 is 199 Å². The van der Waals surface area contributed by atoms with E-state index >= 15 is 0 Å². The van der Waals surface area contributed by atoms with Gasteiger partial charge in [-0.25, -0.2) is 0 Å². The summed E-state index contributed by atoms with van der Waals surface area (Å²) >= 11 is -2.19.